The number of nitrogens with one attached hydrogen (secondary N) is 1. The van der Waals surface area contributed by atoms with Gasteiger partial charge in [-0.3, -0.25) is 0 Å². The summed E-state index contributed by atoms with van der Waals surface area (Å²) in [6.07, 6.45) is -2.18. The number of benzene rings is 1. The first-order chi connectivity index (χ1) is 11.7. The van der Waals surface area contributed by atoms with Crippen molar-refractivity contribution in [2.24, 2.45) is 5.41 Å². The molecule has 2 heterocycles. The Kier molecular flexibility index (Phi) is 5.93. The zero-order valence-corrected chi connectivity index (χ0v) is 15.5. The molecule has 0 unspecified atom stereocenters. The van der Waals surface area contributed by atoms with Crippen molar-refractivity contribution in [2.75, 3.05) is 26.2 Å². The van der Waals surface area contributed by atoms with Crippen LogP contribution >= 0.6 is 12.4 Å². The van der Waals surface area contributed by atoms with Crippen LogP contribution in [0.3, 0.4) is 0 Å². The van der Waals surface area contributed by atoms with Crippen LogP contribution in [0.15, 0.2) is 23.1 Å². The van der Waals surface area contributed by atoms with E-state index in [1.54, 1.807) is 0 Å². The highest BCUT2D eigenvalue weighted by molar-refractivity contribution is 7.89. The van der Waals surface area contributed by atoms with E-state index >= 15 is 0 Å². The number of nitriles is 1. The Morgan fingerprint density at radius 2 is 1.85 bits per heavy atom. The Balaban J connectivity index is 0.00000243. The number of piperidine rings is 1. The minimum atomic E-state index is -4.69. The molecule has 2 fully saturated rings. The fourth-order valence-electron chi connectivity index (χ4n) is 3.64. The van der Waals surface area contributed by atoms with Crippen LogP contribution in [-0.4, -0.2) is 38.9 Å². The molecule has 0 amide bonds. The van der Waals surface area contributed by atoms with Gasteiger partial charge in [0.2, 0.25) is 10.0 Å². The number of sulfonamides is 1. The SMILES string of the molecule is Cl.N#Cc1cc(S(=O)(=O)N2CCC3(CCNCC3)C2)ccc1C(F)(F)F. The second-order valence-corrected chi connectivity index (χ2v) is 8.59. The maximum absolute atomic E-state index is 12.9. The molecule has 3 rings (SSSR count). The lowest BCUT2D eigenvalue weighted by Crippen LogP contribution is -2.39. The Bertz CT molecular complexity index is 815. The van der Waals surface area contributed by atoms with Crippen LogP contribution in [0.4, 0.5) is 13.2 Å². The summed E-state index contributed by atoms with van der Waals surface area (Å²) < 4.78 is 65.6. The molecule has 26 heavy (non-hydrogen) atoms. The van der Waals surface area contributed by atoms with E-state index in [-0.39, 0.29) is 22.7 Å². The van der Waals surface area contributed by atoms with Crippen LogP contribution in [0.2, 0.25) is 0 Å². The van der Waals surface area contributed by atoms with Gasteiger partial charge < -0.3 is 5.32 Å². The van der Waals surface area contributed by atoms with E-state index < -0.39 is 27.3 Å². The van der Waals surface area contributed by atoms with Crippen LogP contribution in [0.5, 0.6) is 0 Å². The molecule has 2 saturated heterocycles. The van der Waals surface area contributed by atoms with Gasteiger partial charge in [0.15, 0.2) is 0 Å². The molecule has 1 aromatic rings. The highest BCUT2D eigenvalue weighted by Gasteiger charge is 2.43. The van der Waals surface area contributed by atoms with Gasteiger partial charge in [-0.2, -0.15) is 22.7 Å². The number of rotatable bonds is 2. The van der Waals surface area contributed by atoms with Gasteiger partial charge in [-0.15, -0.1) is 12.4 Å². The maximum atomic E-state index is 12.9. The summed E-state index contributed by atoms with van der Waals surface area (Å²) in [7, 11) is -3.91. The summed E-state index contributed by atoms with van der Waals surface area (Å²) in [6.45, 7) is 2.41. The molecule has 1 spiro atoms. The van der Waals surface area contributed by atoms with Crippen molar-refractivity contribution in [1.29, 1.82) is 5.26 Å². The Morgan fingerprint density at radius 3 is 2.42 bits per heavy atom. The molecule has 0 atom stereocenters. The van der Waals surface area contributed by atoms with E-state index in [0.29, 0.717) is 19.2 Å². The summed E-state index contributed by atoms with van der Waals surface area (Å²) in [5.41, 5.74) is -1.85. The number of halogens is 4. The second-order valence-electron chi connectivity index (χ2n) is 6.66. The molecule has 0 aromatic heterocycles. The summed E-state index contributed by atoms with van der Waals surface area (Å²) in [4.78, 5) is -0.261. The molecule has 0 aliphatic carbocycles. The largest absolute Gasteiger partial charge is 0.417 e. The molecule has 2 aliphatic rings. The van der Waals surface area contributed by atoms with Crippen molar-refractivity contribution in [1.82, 2.24) is 9.62 Å². The fourth-order valence-corrected chi connectivity index (χ4v) is 5.22. The molecule has 144 valence electrons. The first-order valence-electron chi connectivity index (χ1n) is 8.00. The third-order valence-corrected chi connectivity index (χ3v) is 6.96. The third kappa shape index (κ3) is 3.83. The quantitative estimate of drug-likeness (QED) is 0.815. The van der Waals surface area contributed by atoms with Crippen molar-refractivity contribution in [3.8, 4) is 6.07 Å². The predicted octanol–water partition coefficient (Wildman–Crippen LogP) is 2.76. The van der Waals surface area contributed by atoms with Crippen molar-refractivity contribution in [3.63, 3.8) is 0 Å². The lowest BCUT2D eigenvalue weighted by molar-refractivity contribution is -0.137. The van der Waals surface area contributed by atoms with Crippen LogP contribution in [0, 0.1) is 16.7 Å². The maximum Gasteiger partial charge on any atom is 0.417 e. The van der Waals surface area contributed by atoms with Crippen LogP contribution in [-0.2, 0) is 16.2 Å². The second kappa shape index (κ2) is 7.35. The zero-order chi connectivity index (χ0) is 18.3. The standard InChI is InChI=1S/C16H18F3N3O2S.ClH/c17-16(18,19)14-2-1-13(9-12(14)10-20)25(23,24)22-8-5-15(11-22)3-6-21-7-4-15;/h1-2,9,21H,3-8,11H2;1H. The first kappa shape index (κ1) is 21.0. The van der Waals surface area contributed by atoms with E-state index in [0.717, 1.165) is 44.5 Å². The van der Waals surface area contributed by atoms with Crippen molar-refractivity contribution in [3.05, 3.63) is 29.3 Å². The lowest BCUT2D eigenvalue weighted by atomic mass is 9.78. The summed E-state index contributed by atoms with van der Waals surface area (Å²) >= 11 is 0. The summed E-state index contributed by atoms with van der Waals surface area (Å²) in [5, 5.41) is 12.2. The van der Waals surface area contributed by atoms with Crippen molar-refractivity contribution >= 4 is 22.4 Å². The lowest BCUT2D eigenvalue weighted by Gasteiger charge is -2.33. The normalized spacial score (nSPS) is 20.5. The topological polar surface area (TPSA) is 73.2 Å². The van der Waals surface area contributed by atoms with E-state index in [9.17, 15) is 21.6 Å². The molecule has 1 N–H and O–H groups in total. The van der Waals surface area contributed by atoms with Gasteiger partial charge in [0.25, 0.3) is 0 Å². The van der Waals surface area contributed by atoms with Crippen molar-refractivity contribution in [2.45, 2.75) is 30.3 Å². The minimum Gasteiger partial charge on any atom is -0.317 e. The molecular weight excluding hydrogens is 391 g/mol. The smallest absolute Gasteiger partial charge is 0.317 e. The number of hydrogen-bond acceptors (Lipinski definition) is 4. The molecule has 1 aromatic carbocycles. The Morgan fingerprint density at radius 1 is 1.19 bits per heavy atom. The van der Waals surface area contributed by atoms with Crippen LogP contribution in [0.1, 0.15) is 30.4 Å². The van der Waals surface area contributed by atoms with Crippen molar-refractivity contribution < 1.29 is 21.6 Å². The predicted molar refractivity (Wildman–Crippen MR) is 91.3 cm³/mol. The van der Waals surface area contributed by atoms with Gasteiger partial charge in [-0.05, 0) is 56.0 Å². The molecule has 2 aliphatic heterocycles. The molecule has 0 saturated carbocycles. The van der Waals surface area contributed by atoms with Gasteiger partial charge in [-0.1, -0.05) is 0 Å². The Hall–Kier alpha value is -1.34. The van der Waals surface area contributed by atoms with Gasteiger partial charge in [0, 0.05) is 13.1 Å². The van der Waals surface area contributed by atoms with E-state index in [4.69, 9.17) is 5.26 Å². The third-order valence-electron chi connectivity index (χ3n) is 5.12. The minimum absolute atomic E-state index is 0. The number of nitrogens with zero attached hydrogens (tertiary/aromatic N) is 2. The van der Waals surface area contributed by atoms with Gasteiger partial charge in [-0.25, -0.2) is 8.42 Å². The fraction of sp³-hybridized carbons (Fsp3) is 0.562. The van der Waals surface area contributed by atoms with E-state index in [1.165, 1.54) is 10.4 Å². The number of hydrogen-bond donors (Lipinski definition) is 1. The molecule has 0 bridgehead atoms. The van der Waals surface area contributed by atoms with Crippen LogP contribution in [0.25, 0.3) is 0 Å². The summed E-state index contributed by atoms with van der Waals surface area (Å²) in [6, 6.07) is 3.88. The van der Waals surface area contributed by atoms with Gasteiger partial charge in [0.1, 0.15) is 0 Å². The molecule has 5 nitrogen and oxygen atoms in total. The highest BCUT2D eigenvalue weighted by Crippen LogP contribution is 2.41. The van der Waals surface area contributed by atoms with E-state index in [1.807, 2.05) is 0 Å². The monoisotopic (exact) mass is 409 g/mol. The Labute approximate surface area is 156 Å². The van der Waals surface area contributed by atoms with Crippen LogP contribution < -0.4 is 5.32 Å². The molecule has 10 heteroatoms. The van der Waals surface area contributed by atoms with Gasteiger partial charge >= 0.3 is 6.18 Å². The van der Waals surface area contributed by atoms with E-state index in [2.05, 4.69) is 5.32 Å². The number of alkyl halides is 3. The molecular formula is C16H19ClF3N3O2S. The highest BCUT2D eigenvalue weighted by atomic mass is 35.5. The van der Waals surface area contributed by atoms with Gasteiger partial charge in [0.05, 0.1) is 22.1 Å². The average molecular weight is 410 g/mol. The molecule has 0 radical (unpaired) electrons. The zero-order valence-electron chi connectivity index (χ0n) is 13.8. The average Bonchev–Trinajstić information content (AvgIpc) is 2.98. The first-order valence-corrected chi connectivity index (χ1v) is 9.44. The summed E-state index contributed by atoms with van der Waals surface area (Å²) in [5.74, 6) is 0.